The first-order chi connectivity index (χ1) is 31.7. The van der Waals surface area contributed by atoms with Gasteiger partial charge in [-0.25, -0.2) is 4.98 Å². The maximum absolute atomic E-state index is 8.16. The smallest absolute Gasteiger partial charge is 0.216 e. The molecule has 0 atom stereocenters. The molecule has 0 aliphatic carbocycles. The zero-order chi connectivity index (χ0) is 46.3. The summed E-state index contributed by atoms with van der Waals surface area (Å²) in [5.41, 5.74) is 14.3. The molecule has 0 aliphatic rings. The van der Waals surface area contributed by atoms with Crippen LogP contribution in [0.3, 0.4) is 0 Å². The summed E-state index contributed by atoms with van der Waals surface area (Å²) in [6, 6.07) is 57.9. The van der Waals surface area contributed by atoms with Gasteiger partial charge in [-0.05, 0) is 100 Å². The number of hydrogen-bond donors (Lipinski definition) is 0. The summed E-state index contributed by atoms with van der Waals surface area (Å²) in [5.74, 6) is 0.356. The summed E-state index contributed by atoms with van der Waals surface area (Å²) in [4.78, 5) is 14.4. The van der Waals surface area contributed by atoms with Gasteiger partial charge >= 0.3 is 0 Å². The van der Waals surface area contributed by atoms with Crippen molar-refractivity contribution in [3.63, 3.8) is 0 Å². The van der Waals surface area contributed by atoms with Crippen molar-refractivity contribution in [2.24, 2.45) is 0 Å². The third-order valence-corrected chi connectivity index (χ3v) is 11.3. The van der Waals surface area contributed by atoms with Crippen LogP contribution in [0.5, 0.6) is 0 Å². The number of aromatic nitrogens is 4. The summed E-state index contributed by atoms with van der Waals surface area (Å²) in [7, 11) is 0. The molecule has 63 heavy (non-hydrogen) atoms. The normalized spacial score (nSPS) is 12.7. The van der Waals surface area contributed by atoms with Crippen LogP contribution in [0.25, 0.3) is 83.8 Å². The molecule has 10 rings (SSSR count). The van der Waals surface area contributed by atoms with Crippen molar-refractivity contribution < 1.29 is 30.0 Å². The zero-order valence-corrected chi connectivity index (χ0v) is 38.6. The van der Waals surface area contributed by atoms with Crippen LogP contribution < -0.4 is 0 Å². The molecule has 0 fully saturated rings. The molecule has 5 nitrogen and oxygen atoms in total. The van der Waals surface area contributed by atoms with E-state index in [0.29, 0.717) is 17.0 Å². The van der Waals surface area contributed by atoms with Gasteiger partial charge in [-0.3, -0.25) is 4.98 Å². The van der Waals surface area contributed by atoms with Crippen LogP contribution in [0.1, 0.15) is 87.0 Å². The van der Waals surface area contributed by atoms with Crippen molar-refractivity contribution in [3.05, 3.63) is 192 Å². The molecule has 0 saturated carbocycles. The molecule has 1 radical (unpaired) electrons. The third kappa shape index (κ3) is 8.54. The van der Waals surface area contributed by atoms with Crippen molar-refractivity contribution in [3.8, 4) is 50.7 Å². The number of aryl methyl sites for hydroxylation is 1. The van der Waals surface area contributed by atoms with Crippen LogP contribution in [-0.2, 0) is 20.1 Å². The Morgan fingerprint density at radius 3 is 1.97 bits per heavy atom. The minimum atomic E-state index is -2.26. The van der Waals surface area contributed by atoms with Gasteiger partial charge in [0.15, 0.2) is 0 Å². The van der Waals surface area contributed by atoms with E-state index in [1.165, 1.54) is 34.1 Å². The molecule has 4 heterocycles. The third-order valence-electron chi connectivity index (χ3n) is 11.3. The fourth-order valence-corrected chi connectivity index (χ4v) is 8.16. The summed E-state index contributed by atoms with van der Waals surface area (Å²) in [5, 5.41) is 1.98. The van der Waals surface area contributed by atoms with Crippen molar-refractivity contribution in [2.75, 3.05) is 0 Å². The number of hydrogen-bond acceptors (Lipinski definition) is 4. The van der Waals surface area contributed by atoms with E-state index in [-0.39, 0.29) is 37.5 Å². The van der Waals surface area contributed by atoms with Gasteiger partial charge in [0.2, 0.25) is 5.71 Å². The molecule has 6 aromatic carbocycles. The maximum Gasteiger partial charge on any atom is 0.216 e. The van der Waals surface area contributed by atoms with Gasteiger partial charge < -0.3 is 14.0 Å². The second kappa shape index (κ2) is 18.5. The van der Waals surface area contributed by atoms with E-state index < -0.39 is 12.7 Å². The molecule has 0 spiro atoms. The number of rotatable bonds is 8. The predicted octanol–water partition coefficient (Wildman–Crippen LogP) is 15.3. The first-order valence-corrected chi connectivity index (χ1v) is 21.2. The summed E-state index contributed by atoms with van der Waals surface area (Å²) in [6.07, 6.45) is 1.36. The van der Waals surface area contributed by atoms with E-state index in [4.69, 9.17) is 19.9 Å². The number of nitrogens with zero attached hydrogens (tertiary/aromatic N) is 4. The van der Waals surface area contributed by atoms with E-state index in [1.807, 2.05) is 42.5 Å². The standard InChI is InChI=1S/C42H34N3O.C15H16N.Ir/c1-26(2)34-24-30(28-14-7-5-8-15-28)25-35(27(3)4)39(34)45-38-21-12-11-20-37(38)43-41(45)33-19-13-18-31-32-22-23-36(29-16-9-6-10-17-29)44-42(32)46-40(31)33;1-11(2)14-9-15(16-10-12(14)3)13-7-5-4-6-8-13;/h5-18,20-27H,1-4H3;4-7,9-11H,1-3H3;/q2*-1;/i;3D3,11D;. The van der Waals surface area contributed by atoms with Crippen molar-refractivity contribution >= 4 is 33.1 Å². The summed E-state index contributed by atoms with van der Waals surface area (Å²) < 4.78 is 39.8. The van der Waals surface area contributed by atoms with Gasteiger partial charge in [0.25, 0.3) is 0 Å². The zero-order valence-electron chi connectivity index (χ0n) is 40.2. The Morgan fingerprint density at radius 1 is 0.619 bits per heavy atom. The van der Waals surface area contributed by atoms with E-state index in [9.17, 15) is 0 Å². The molecule has 0 unspecified atom stereocenters. The van der Waals surface area contributed by atoms with Gasteiger partial charge in [0.05, 0.1) is 28.1 Å². The van der Waals surface area contributed by atoms with Crippen LogP contribution in [0.15, 0.2) is 162 Å². The quantitative estimate of drug-likeness (QED) is 0.142. The van der Waals surface area contributed by atoms with Gasteiger partial charge in [-0.2, -0.15) is 0 Å². The van der Waals surface area contributed by atoms with Crippen molar-refractivity contribution in [1.82, 2.24) is 19.5 Å². The SMILES string of the molecule is CC(C)c1cc(-c2ccccc2)cc(C(C)C)c1-n1c(-c2[c-]ccc3c2oc2nc(-c4ccccc4)ccc23)nc2ccccc21.[2H]C([2H])([2H])c1cnc(-c2[c-]cccc2)cc1C([2H])(C)C.[Ir]. The fourth-order valence-electron chi connectivity index (χ4n) is 8.16. The minimum Gasteiger partial charge on any atom is -0.486 e. The van der Waals surface area contributed by atoms with Gasteiger partial charge in [-0.15, -0.1) is 54.1 Å². The van der Waals surface area contributed by atoms with Gasteiger partial charge in [-0.1, -0.05) is 131 Å². The molecule has 0 N–H and O–H groups in total. The maximum atomic E-state index is 8.16. The Labute approximate surface area is 389 Å². The molecular weight excluding hydrogens is 949 g/mol. The first kappa shape index (κ1) is 38.2. The predicted molar refractivity (Wildman–Crippen MR) is 257 cm³/mol. The summed E-state index contributed by atoms with van der Waals surface area (Å²) in [6.45, 7) is 10.2. The number of fused-ring (bicyclic) bond motifs is 4. The first-order valence-electron chi connectivity index (χ1n) is 23.2. The number of furan rings is 1. The Morgan fingerprint density at radius 2 is 1.30 bits per heavy atom. The number of para-hydroxylation sites is 2. The fraction of sp³-hybridized carbons (Fsp3) is 0.175. The molecular formula is C57H50IrN4O-2. The molecule has 0 saturated heterocycles. The van der Waals surface area contributed by atoms with Gasteiger partial charge in [0.1, 0.15) is 0 Å². The Bertz CT molecular complexity index is 3310. The van der Waals surface area contributed by atoms with Crippen molar-refractivity contribution in [2.45, 2.75) is 66.1 Å². The topological polar surface area (TPSA) is 56.7 Å². The molecule has 0 bridgehead atoms. The molecule has 315 valence electrons. The van der Waals surface area contributed by atoms with E-state index in [0.717, 1.165) is 55.6 Å². The minimum absolute atomic E-state index is 0. The van der Waals surface area contributed by atoms with Crippen LogP contribution in [-0.4, -0.2) is 19.5 Å². The number of benzene rings is 6. The molecule has 6 heteroatoms. The average Bonchev–Trinajstić information content (AvgIpc) is 3.90. The van der Waals surface area contributed by atoms with Crippen LogP contribution in [0.2, 0.25) is 0 Å². The van der Waals surface area contributed by atoms with Crippen LogP contribution in [0.4, 0.5) is 0 Å². The van der Waals surface area contributed by atoms with E-state index in [2.05, 4.69) is 146 Å². The second-order valence-electron chi connectivity index (χ2n) is 16.4. The largest absolute Gasteiger partial charge is 0.486 e. The van der Waals surface area contributed by atoms with E-state index >= 15 is 0 Å². The molecule has 0 aliphatic heterocycles. The van der Waals surface area contributed by atoms with Crippen LogP contribution >= 0.6 is 0 Å². The monoisotopic (exact) mass is 1000 g/mol. The summed E-state index contributed by atoms with van der Waals surface area (Å²) >= 11 is 0. The van der Waals surface area contributed by atoms with Crippen molar-refractivity contribution in [1.29, 1.82) is 0 Å². The average molecular weight is 1000 g/mol. The Kier molecular flexibility index (Phi) is 11.2. The van der Waals surface area contributed by atoms with Crippen LogP contribution in [0, 0.1) is 19.0 Å². The number of imidazole rings is 1. The second-order valence-corrected chi connectivity index (χ2v) is 16.4. The number of pyridine rings is 2. The van der Waals surface area contributed by atoms with E-state index in [1.54, 1.807) is 26.0 Å². The molecule has 4 aromatic heterocycles. The van der Waals surface area contributed by atoms with Gasteiger partial charge in [0, 0.05) is 48.4 Å². The Hall–Kier alpha value is -6.46. The molecule has 0 amide bonds. The Balaban J connectivity index is 0.000000244. The molecule has 10 aromatic rings.